The summed E-state index contributed by atoms with van der Waals surface area (Å²) in [5, 5.41) is 2.33. The van der Waals surface area contributed by atoms with E-state index in [1.54, 1.807) is 0 Å². The molecule has 4 rings (SSSR count). The van der Waals surface area contributed by atoms with E-state index in [4.69, 9.17) is 4.74 Å². The van der Waals surface area contributed by atoms with Crippen molar-refractivity contribution < 1.29 is 9.53 Å². The number of piperazine rings is 1. The van der Waals surface area contributed by atoms with Crippen LogP contribution in [0.3, 0.4) is 0 Å². The Morgan fingerprint density at radius 2 is 1.74 bits per heavy atom. The first-order valence-electron chi connectivity index (χ1n) is 10.3. The van der Waals surface area contributed by atoms with Crippen LogP contribution < -0.4 is 0 Å². The van der Waals surface area contributed by atoms with Gasteiger partial charge in [0.15, 0.2) is 0 Å². The van der Waals surface area contributed by atoms with E-state index in [2.05, 4.69) is 35.0 Å². The summed E-state index contributed by atoms with van der Waals surface area (Å²) in [7, 11) is 2.18. The van der Waals surface area contributed by atoms with E-state index < -0.39 is 0 Å². The predicted octanol–water partition coefficient (Wildman–Crippen LogP) is 3.48. The highest BCUT2D eigenvalue weighted by atomic mass is 16.5. The Balaban J connectivity index is 1.42. The molecule has 0 amide bonds. The third kappa shape index (κ3) is 4.33. The number of esters is 1. The van der Waals surface area contributed by atoms with Gasteiger partial charge >= 0.3 is 5.97 Å². The zero-order chi connectivity index (χ0) is 18.6. The lowest BCUT2D eigenvalue weighted by atomic mass is 9.90. The Morgan fingerprint density at radius 3 is 2.59 bits per heavy atom. The Bertz CT molecular complexity index is 778. The first kappa shape index (κ1) is 18.5. The molecular weight excluding hydrogens is 336 g/mol. The maximum atomic E-state index is 12.8. The van der Waals surface area contributed by atoms with E-state index in [0.717, 1.165) is 56.4 Å². The summed E-state index contributed by atoms with van der Waals surface area (Å²) in [4.78, 5) is 17.7. The SMILES string of the molecule is CN1CCN(C2CCCCC2OC(=O)Cc2cccc3ccccc23)CC1. The summed E-state index contributed by atoms with van der Waals surface area (Å²) in [5.74, 6) is -0.0858. The highest BCUT2D eigenvalue weighted by molar-refractivity contribution is 5.89. The highest BCUT2D eigenvalue weighted by Gasteiger charge is 2.34. The van der Waals surface area contributed by atoms with E-state index >= 15 is 0 Å². The van der Waals surface area contributed by atoms with Gasteiger partial charge in [-0.25, -0.2) is 0 Å². The van der Waals surface area contributed by atoms with E-state index in [9.17, 15) is 4.79 Å². The predicted molar refractivity (Wildman–Crippen MR) is 109 cm³/mol. The number of benzene rings is 2. The third-order valence-corrected chi connectivity index (χ3v) is 6.17. The first-order valence-corrected chi connectivity index (χ1v) is 10.3. The number of carbonyl (C=O) groups is 1. The molecule has 0 radical (unpaired) electrons. The smallest absolute Gasteiger partial charge is 0.310 e. The van der Waals surface area contributed by atoms with E-state index in [0.29, 0.717) is 12.5 Å². The number of fused-ring (bicyclic) bond motifs is 1. The number of rotatable bonds is 4. The molecule has 4 heteroatoms. The lowest BCUT2D eigenvalue weighted by Crippen LogP contribution is -2.54. The summed E-state index contributed by atoms with van der Waals surface area (Å²) in [5.41, 5.74) is 1.06. The molecule has 0 bridgehead atoms. The van der Waals surface area contributed by atoms with Crippen LogP contribution in [0.5, 0.6) is 0 Å². The second-order valence-corrected chi connectivity index (χ2v) is 8.03. The Labute approximate surface area is 162 Å². The molecule has 1 aliphatic carbocycles. The van der Waals surface area contributed by atoms with Crippen LogP contribution in [0, 0.1) is 0 Å². The fourth-order valence-electron chi connectivity index (χ4n) is 4.60. The van der Waals surface area contributed by atoms with Crippen LogP contribution in [0.1, 0.15) is 31.2 Å². The number of hydrogen-bond donors (Lipinski definition) is 0. The molecule has 2 aliphatic rings. The second kappa shape index (κ2) is 8.41. The minimum absolute atomic E-state index is 0.0460. The molecule has 1 saturated heterocycles. The zero-order valence-electron chi connectivity index (χ0n) is 16.3. The van der Waals surface area contributed by atoms with Crippen LogP contribution in [0.4, 0.5) is 0 Å². The third-order valence-electron chi connectivity index (χ3n) is 6.17. The quantitative estimate of drug-likeness (QED) is 0.776. The average Bonchev–Trinajstić information content (AvgIpc) is 2.69. The molecule has 2 aromatic carbocycles. The summed E-state index contributed by atoms with van der Waals surface area (Å²) >= 11 is 0. The van der Waals surface area contributed by atoms with Crippen LogP contribution in [-0.2, 0) is 16.0 Å². The Kier molecular flexibility index (Phi) is 5.74. The van der Waals surface area contributed by atoms with Gasteiger partial charge in [0.2, 0.25) is 0 Å². The van der Waals surface area contributed by atoms with Crippen molar-refractivity contribution in [3.05, 3.63) is 48.0 Å². The molecule has 4 nitrogen and oxygen atoms in total. The summed E-state index contributed by atoms with van der Waals surface area (Å²) in [6.07, 6.45) is 4.96. The second-order valence-electron chi connectivity index (χ2n) is 8.03. The maximum absolute atomic E-state index is 12.8. The molecular formula is C23H30N2O2. The number of likely N-dealkylation sites (N-methyl/N-ethyl adjacent to an activating group) is 1. The molecule has 2 unspecified atom stereocenters. The first-order chi connectivity index (χ1) is 13.2. The van der Waals surface area contributed by atoms with Gasteiger partial charge in [0.1, 0.15) is 6.10 Å². The van der Waals surface area contributed by atoms with Crippen LogP contribution in [0.25, 0.3) is 10.8 Å². The molecule has 144 valence electrons. The van der Waals surface area contributed by atoms with Crippen molar-refractivity contribution in [1.82, 2.24) is 9.80 Å². The summed E-state index contributed by atoms with van der Waals surface area (Å²) < 4.78 is 6.04. The molecule has 1 aliphatic heterocycles. The number of carbonyl (C=O) groups excluding carboxylic acids is 1. The van der Waals surface area contributed by atoms with Gasteiger partial charge in [0.25, 0.3) is 0 Å². The molecule has 27 heavy (non-hydrogen) atoms. The van der Waals surface area contributed by atoms with Crippen molar-refractivity contribution in [1.29, 1.82) is 0 Å². The van der Waals surface area contributed by atoms with E-state index in [1.165, 1.54) is 11.8 Å². The van der Waals surface area contributed by atoms with Crippen LogP contribution in [0.15, 0.2) is 42.5 Å². The fourth-order valence-corrected chi connectivity index (χ4v) is 4.60. The molecule has 2 atom stereocenters. The summed E-state index contributed by atoms with van der Waals surface area (Å²) in [6.45, 7) is 4.37. The molecule has 1 saturated carbocycles. The molecule has 0 spiro atoms. The number of nitrogens with zero attached hydrogens (tertiary/aromatic N) is 2. The van der Waals surface area contributed by atoms with E-state index in [1.807, 2.05) is 24.3 Å². The van der Waals surface area contributed by atoms with Gasteiger partial charge < -0.3 is 9.64 Å². The Morgan fingerprint density at radius 1 is 1.00 bits per heavy atom. The fraction of sp³-hybridized carbons (Fsp3) is 0.522. The topological polar surface area (TPSA) is 32.8 Å². The van der Waals surface area contributed by atoms with Crippen molar-refractivity contribution in [3.63, 3.8) is 0 Å². The molecule has 0 aromatic heterocycles. The standard InChI is InChI=1S/C23H30N2O2/c1-24-13-15-25(16-14-24)21-11-4-5-12-22(21)27-23(26)17-19-9-6-8-18-7-2-3-10-20(18)19/h2-3,6-10,21-22H,4-5,11-17H2,1H3. The number of ether oxygens (including phenoxy) is 1. The monoisotopic (exact) mass is 366 g/mol. The van der Waals surface area contributed by atoms with Crippen molar-refractivity contribution in [3.8, 4) is 0 Å². The maximum Gasteiger partial charge on any atom is 0.310 e. The van der Waals surface area contributed by atoms with Gasteiger partial charge in [-0.1, -0.05) is 48.9 Å². The minimum Gasteiger partial charge on any atom is -0.460 e. The van der Waals surface area contributed by atoms with Gasteiger partial charge in [-0.05, 0) is 42.6 Å². The normalized spacial score (nSPS) is 24.8. The lowest BCUT2D eigenvalue weighted by Gasteiger charge is -2.43. The minimum atomic E-state index is -0.0858. The lowest BCUT2D eigenvalue weighted by molar-refractivity contribution is -0.154. The molecule has 0 N–H and O–H groups in total. The van der Waals surface area contributed by atoms with Crippen LogP contribution in [-0.4, -0.2) is 61.1 Å². The van der Waals surface area contributed by atoms with Gasteiger partial charge in [-0.15, -0.1) is 0 Å². The molecule has 2 aromatic rings. The average molecular weight is 367 g/mol. The van der Waals surface area contributed by atoms with Gasteiger partial charge in [0.05, 0.1) is 6.42 Å². The zero-order valence-corrected chi connectivity index (χ0v) is 16.3. The van der Waals surface area contributed by atoms with Crippen molar-refractivity contribution in [2.75, 3.05) is 33.2 Å². The van der Waals surface area contributed by atoms with Crippen molar-refractivity contribution in [2.45, 2.75) is 44.2 Å². The largest absolute Gasteiger partial charge is 0.460 e. The van der Waals surface area contributed by atoms with E-state index in [-0.39, 0.29) is 12.1 Å². The van der Waals surface area contributed by atoms with Gasteiger partial charge in [-0.2, -0.15) is 0 Å². The van der Waals surface area contributed by atoms with Crippen LogP contribution >= 0.6 is 0 Å². The highest BCUT2D eigenvalue weighted by Crippen LogP contribution is 2.27. The summed E-state index contributed by atoms with van der Waals surface area (Å²) in [6, 6.07) is 14.8. The molecule has 1 heterocycles. The van der Waals surface area contributed by atoms with Gasteiger partial charge in [0, 0.05) is 32.2 Å². The van der Waals surface area contributed by atoms with Crippen molar-refractivity contribution >= 4 is 16.7 Å². The van der Waals surface area contributed by atoms with Gasteiger partial charge in [-0.3, -0.25) is 9.69 Å². The van der Waals surface area contributed by atoms with Crippen LogP contribution in [0.2, 0.25) is 0 Å². The Hall–Kier alpha value is -1.91. The van der Waals surface area contributed by atoms with Crippen molar-refractivity contribution in [2.24, 2.45) is 0 Å². The number of hydrogen-bond acceptors (Lipinski definition) is 4. The molecule has 2 fully saturated rings.